The van der Waals surface area contributed by atoms with Crippen LogP contribution in [0.4, 0.5) is 0 Å². The van der Waals surface area contributed by atoms with Crippen molar-refractivity contribution in [3.63, 3.8) is 0 Å². The molecule has 22 heavy (non-hydrogen) atoms. The summed E-state index contributed by atoms with van der Waals surface area (Å²) in [5.41, 5.74) is 1.12. The number of carbonyl (C=O) groups excluding carboxylic acids is 1. The standard InChI is InChI=1S/C17H23NO4/c1-3-4-7-15(17(20)21)18-16(19)8-5-6-13-9-11-14(22-2)12-10-13/h3,9-12,15H,1,4-8H2,2H3,(H,18,19)(H,20,21). The molecule has 0 bridgehead atoms. The molecule has 1 rings (SSSR count). The lowest BCUT2D eigenvalue weighted by molar-refractivity contribution is -0.142. The molecule has 1 amide bonds. The van der Waals surface area contributed by atoms with Gasteiger partial charge in [0.1, 0.15) is 11.8 Å². The number of aliphatic carboxylic acids is 1. The van der Waals surface area contributed by atoms with Crippen LogP contribution in [0.15, 0.2) is 36.9 Å². The summed E-state index contributed by atoms with van der Waals surface area (Å²) in [6.45, 7) is 3.55. The Hall–Kier alpha value is -2.30. The van der Waals surface area contributed by atoms with Crippen molar-refractivity contribution < 1.29 is 19.4 Å². The minimum absolute atomic E-state index is 0.232. The number of carboxylic acids is 1. The van der Waals surface area contributed by atoms with Gasteiger partial charge in [0.15, 0.2) is 0 Å². The molecule has 5 heteroatoms. The van der Waals surface area contributed by atoms with Gasteiger partial charge in [-0.3, -0.25) is 4.79 Å². The van der Waals surface area contributed by atoms with Crippen LogP contribution in [0.3, 0.4) is 0 Å². The largest absolute Gasteiger partial charge is 0.497 e. The lowest BCUT2D eigenvalue weighted by atomic mass is 10.1. The van der Waals surface area contributed by atoms with Crippen molar-refractivity contribution in [1.82, 2.24) is 5.32 Å². The monoisotopic (exact) mass is 305 g/mol. The van der Waals surface area contributed by atoms with E-state index in [0.29, 0.717) is 25.7 Å². The van der Waals surface area contributed by atoms with E-state index in [1.807, 2.05) is 24.3 Å². The Morgan fingerprint density at radius 1 is 1.36 bits per heavy atom. The van der Waals surface area contributed by atoms with Crippen LogP contribution in [0, 0.1) is 0 Å². The van der Waals surface area contributed by atoms with Crippen molar-refractivity contribution in [3.05, 3.63) is 42.5 Å². The van der Waals surface area contributed by atoms with Crippen LogP contribution < -0.4 is 10.1 Å². The number of benzene rings is 1. The van der Waals surface area contributed by atoms with Gasteiger partial charge >= 0.3 is 5.97 Å². The summed E-state index contributed by atoms with van der Waals surface area (Å²) in [6, 6.07) is 6.84. The molecule has 0 heterocycles. The van der Waals surface area contributed by atoms with E-state index in [9.17, 15) is 9.59 Å². The van der Waals surface area contributed by atoms with Crippen molar-refractivity contribution in [2.75, 3.05) is 7.11 Å². The van der Waals surface area contributed by atoms with E-state index in [1.54, 1.807) is 13.2 Å². The molecule has 1 aromatic rings. The minimum atomic E-state index is -1.01. The number of rotatable bonds is 10. The second kappa shape index (κ2) is 9.60. The highest BCUT2D eigenvalue weighted by atomic mass is 16.5. The Morgan fingerprint density at radius 2 is 2.05 bits per heavy atom. The maximum Gasteiger partial charge on any atom is 0.326 e. The topological polar surface area (TPSA) is 75.6 Å². The number of amides is 1. The van der Waals surface area contributed by atoms with Crippen molar-refractivity contribution in [2.24, 2.45) is 0 Å². The second-order valence-electron chi connectivity index (χ2n) is 5.03. The van der Waals surface area contributed by atoms with E-state index in [2.05, 4.69) is 11.9 Å². The van der Waals surface area contributed by atoms with Gasteiger partial charge in [0.2, 0.25) is 5.91 Å². The fraction of sp³-hybridized carbons (Fsp3) is 0.412. The third-order valence-electron chi connectivity index (χ3n) is 3.32. The molecule has 5 nitrogen and oxygen atoms in total. The van der Waals surface area contributed by atoms with Gasteiger partial charge in [-0.25, -0.2) is 4.79 Å². The first-order valence-corrected chi connectivity index (χ1v) is 7.32. The first-order valence-electron chi connectivity index (χ1n) is 7.32. The third-order valence-corrected chi connectivity index (χ3v) is 3.32. The number of allylic oxidation sites excluding steroid dienone is 1. The van der Waals surface area contributed by atoms with Gasteiger partial charge in [0, 0.05) is 6.42 Å². The molecule has 0 radical (unpaired) electrons. The molecule has 120 valence electrons. The zero-order valence-electron chi connectivity index (χ0n) is 12.9. The molecule has 1 unspecified atom stereocenters. The number of carboxylic acid groups (broad SMARTS) is 1. The summed E-state index contributed by atoms with van der Waals surface area (Å²) < 4.78 is 5.08. The molecule has 0 saturated heterocycles. The van der Waals surface area contributed by atoms with Gasteiger partial charge in [-0.05, 0) is 43.4 Å². The minimum Gasteiger partial charge on any atom is -0.497 e. The summed E-state index contributed by atoms with van der Waals surface area (Å²) in [5, 5.41) is 11.6. The third kappa shape index (κ3) is 6.43. The van der Waals surface area contributed by atoms with Crippen LogP contribution in [0.25, 0.3) is 0 Å². The highest BCUT2D eigenvalue weighted by Crippen LogP contribution is 2.13. The summed E-state index contributed by atoms with van der Waals surface area (Å²) in [6.07, 6.45) is 4.32. The molecule has 2 N–H and O–H groups in total. The summed E-state index contributed by atoms with van der Waals surface area (Å²) >= 11 is 0. The number of hydrogen-bond acceptors (Lipinski definition) is 3. The molecular formula is C17H23NO4. The normalized spacial score (nSPS) is 11.5. The first-order chi connectivity index (χ1) is 10.6. The van der Waals surface area contributed by atoms with Gasteiger partial charge < -0.3 is 15.2 Å². The SMILES string of the molecule is C=CCCC(NC(=O)CCCc1ccc(OC)cc1)C(=O)O. The Morgan fingerprint density at radius 3 is 2.59 bits per heavy atom. The molecule has 0 aliphatic carbocycles. The molecule has 0 saturated carbocycles. The Labute approximate surface area is 131 Å². The average molecular weight is 305 g/mol. The van der Waals surface area contributed by atoms with Crippen LogP contribution in [0.2, 0.25) is 0 Å². The Balaban J connectivity index is 2.34. The van der Waals surface area contributed by atoms with E-state index in [0.717, 1.165) is 17.7 Å². The highest BCUT2D eigenvalue weighted by molar-refractivity contribution is 5.83. The van der Waals surface area contributed by atoms with E-state index < -0.39 is 12.0 Å². The number of methoxy groups -OCH3 is 1. The first kappa shape index (κ1) is 17.8. The van der Waals surface area contributed by atoms with Gasteiger partial charge in [-0.15, -0.1) is 6.58 Å². The van der Waals surface area contributed by atoms with E-state index in [4.69, 9.17) is 9.84 Å². The molecule has 1 aromatic carbocycles. The van der Waals surface area contributed by atoms with Crippen molar-refractivity contribution in [3.8, 4) is 5.75 Å². The molecule has 0 aliphatic heterocycles. The predicted octanol–water partition coefficient (Wildman–Crippen LogP) is 2.55. The zero-order valence-corrected chi connectivity index (χ0v) is 12.9. The smallest absolute Gasteiger partial charge is 0.326 e. The predicted molar refractivity (Wildman–Crippen MR) is 84.9 cm³/mol. The van der Waals surface area contributed by atoms with Gasteiger partial charge in [-0.2, -0.15) is 0 Å². The summed E-state index contributed by atoms with van der Waals surface area (Å²) in [4.78, 5) is 22.8. The molecule has 0 fully saturated rings. The average Bonchev–Trinajstić information content (AvgIpc) is 2.51. The van der Waals surface area contributed by atoms with Crippen LogP contribution in [-0.4, -0.2) is 30.1 Å². The van der Waals surface area contributed by atoms with Crippen molar-refractivity contribution >= 4 is 11.9 Å². The second-order valence-corrected chi connectivity index (χ2v) is 5.03. The maximum atomic E-state index is 11.8. The maximum absolute atomic E-state index is 11.8. The lowest BCUT2D eigenvalue weighted by Crippen LogP contribution is -2.40. The van der Waals surface area contributed by atoms with Crippen LogP contribution >= 0.6 is 0 Å². The fourth-order valence-electron chi connectivity index (χ4n) is 2.05. The molecular weight excluding hydrogens is 282 g/mol. The van der Waals surface area contributed by atoms with E-state index >= 15 is 0 Å². The molecule has 0 aromatic heterocycles. The molecule has 1 atom stereocenters. The number of nitrogens with one attached hydrogen (secondary N) is 1. The fourth-order valence-corrected chi connectivity index (χ4v) is 2.05. The number of carbonyl (C=O) groups is 2. The number of hydrogen-bond donors (Lipinski definition) is 2. The Bertz CT molecular complexity index is 496. The highest BCUT2D eigenvalue weighted by Gasteiger charge is 2.18. The number of ether oxygens (including phenoxy) is 1. The van der Waals surface area contributed by atoms with Crippen LogP contribution in [0.1, 0.15) is 31.2 Å². The summed E-state index contributed by atoms with van der Waals surface area (Å²) in [5.74, 6) is -0.441. The summed E-state index contributed by atoms with van der Waals surface area (Å²) in [7, 11) is 1.62. The van der Waals surface area contributed by atoms with Crippen molar-refractivity contribution in [1.29, 1.82) is 0 Å². The Kier molecular flexibility index (Phi) is 7.75. The zero-order chi connectivity index (χ0) is 16.4. The van der Waals surface area contributed by atoms with E-state index in [1.165, 1.54) is 0 Å². The lowest BCUT2D eigenvalue weighted by Gasteiger charge is -2.13. The van der Waals surface area contributed by atoms with Gasteiger partial charge in [0.25, 0.3) is 0 Å². The molecule has 0 spiro atoms. The van der Waals surface area contributed by atoms with Gasteiger partial charge in [0.05, 0.1) is 7.11 Å². The van der Waals surface area contributed by atoms with Crippen LogP contribution in [-0.2, 0) is 16.0 Å². The van der Waals surface area contributed by atoms with Crippen LogP contribution in [0.5, 0.6) is 5.75 Å². The molecule has 0 aliphatic rings. The van der Waals surface area contributed by atoms with Crippen molar-refractivity contribution in [2.45, 2.75) is 38.1 Å². The van der Waals surface area contributed by atoms with Gasteiger partial charge in [-0.1, -0.05) is 18.2 Å². The quantitative estimate of drug-likeness (QED) is 0.651. The van der Waals surface area contributed by atoms with E-state index in [-0.39, 0.29) is 5.91 Å². The number of aryl methyl sites for hydroxylation is 1.